The Kier molecular flexibility index (Phi) is 7.76. The van der Waals surface area contributed by atoms with Crippen molar-refractivity contribution in [1.29, 1.82) is 0 Å². The van der Waals surface area contributed by atoms with Crippen LogP contribution >= 0.6 is 0 Å². The summed E-state index contributed by atoms with van der Waals surface area (Å²) < 4.78 is 32.2. The summed E-state index contributed by atoms with van der Waals surface area (Å²) in [4.78, 5) is 13.1. The van der Waals surface area contributed by atoms with E-state index in [9.17, 15) is 13.2 Å². The molecule has 0 bridgehead atoms. The molecule has 0 fully saturated rings. The van der Waals surface area contributed by atoms with Gasteiger partial charge < -0.3 is 10.1 Å². The minimum atomic E-state index is -3.74. The van der Waals surface area contributed by atoms with Gasteiger partial charge in [-0.15, -0.1) is 0 Å². The predicted octanol–water partition coefficient (Wildman–Crippen LogP) is 5.04. The summed E-state index contributed by atoms with van der Waals surface area (Å²) in [7, 11) is -0.727. The fourth-order valence-electron chi connectivity index (χ4n) is 3.54. The van der Waals surface area contributed by atoms with Crippen molar-refractivity contribution >= 4 is 21.6 Å². The van der Waals surface area contributed by atoms with Crippen molar-refractivity contribution in [3.8, 4) is 5.75 Å². The van der Waals surface area contributed by atoms with Crippen LogP contribution in [0.3, 0.4) is 0 Å². The third-order valence-electron chi connectivity index (χ3n) is 5.43. The smallest absolute Gasteiger partial charge is 0.264 e. The van der Waals surface area contributed by atoms with Gasteiger partial charge in [0.05, 0.1) is 23.7 Å². The van der Waals surface area contributed by atoms with Gasteiger partial charge in [0.1, 0.15) is 5.75 Å². The average molecular weight is 467 g/mol. The summed E-state index contributed by atoms with van der Waals surface area (Å²) in [6.07, 6.45) is 0.816. The molecule has 6 nitrogen and oxygen atoms in total. The molecular weight excluding hydrogens is 436 g/mol. The van der Waals surface area contributed by atoms with Gasteiger partial charge in [-0.3, -0.25) is 9.10 Å². The van der Waals surface area contributed by atoms with E-state index in [0.29, 0.717) is 22.9 Å². The number of hydrogen-bond donors (Lipinski definition) is 1. The van der Waals surface area contributed by atoms with Crippen molar-refractivity contribution in [3.05, 3.63) is 90.0 Å². The molecule has 7 heteroatoms. The SMILES string of the molecule is COc1ccc(S(=O)(=O)N(C)c2ccc(C(=O)N[C@H](CC(C)C)c3ccccc3)cc2)cc1. The van der Waals surface area contributed by atoms with Crippen molar-refractivity contribution in [2.75, 3.05) is 18.5 Å². The molecule has 0 aliphatic rings. The average Bonchev–Trinajstić information content (AvgIpc) is 2.83. The predicted molar refractivity (Wildman–Crippen MR) is 131 cm³/mol. The molecular formula is C26H30N2O4S. The Morgan fingerprint density at radius 3 is 2.09 bits per heavy atom. The number of carbonyl (C=O) groups is 1. The van der Waals surface area contributed by atoms with Crippen LogP contribution in [0.15, 0.2) is 83.8 Å². The lowest BCUT2D eigenvalue weighted by Gasteiger charge is -2.22. The molecule has 0 spiro atoms. The molecule has 0 unspecified atom stereocenters. The molecule has 0 aliphatic carbocycles. The zero-order valence-corrected chi connectivity index (χ0v) is 20.2. The lowest BCUT2D eigenvalue weighted by Crippen LogP contribution is -2.30. The summed E-state index contributed by atoms with van der Waals surface area (Å²) >= 11 is 0. The molecule has 33 heavy (non-hydrogen) atoms. The van der Waals surface area contributed by atoms with Gasteiger partial charge in [-0.1, -0.05) is 44.2 Å². The molecule has 1 atom stereocenters. The van der Waals surface area contributed by atoms with E-state index in [1.54, 1.807) is 36.4 Å². The van der Waals surface area contributed by atoms with Crippen molar-refractivity contribution in [2.24, 2.45) is 5.92 Å². The molecule has 0 aromatic heterocycles. The number of sulfonamides is 1. The third kappa shape index (κ3) is 5.93. The Balaban J connectivity index is 1.76. The number of nitrogens with one attached hydrogen (secondary N) is 1. The zero-order chi connectivity index (χ0) is 24.0. The zero-order valence-electron chi connectivity index (χ0n) is 19.4. The summed E-state index contributed by atoms with van der Waals surface area (Å²) in [6, 6.07) is 22.6. The van der Waals surface area contributed by atoms with E-state index >= 15 is 0 Å². The van der Waals surface area contributed by atoms with E-state index in [1.807, 2.05) is 30.3 Å². The Morgan fingerprint density at radius 2 is 1.55 bits per heavy atom. The molecule has 3 rings (SSSR count). The van der Waals surface area contributed by atoms with Crippen LogP contribution in [0.5, 0.6) is 5.75 Å². The van der Waals surface area contributed by atoms with Crippen LogP contribution in [0, 0.1) is 5.92 Å². The summed E-state index contributed by atoms with van der Waals surface area (Å²) in [5.74, 6) is 0.796. The molecule has 1 N–H and O–H groups in total. The van der Waals surface area contributed by atoms with Gasteiger partial charge >= 0.3 is 0 Å². The van der Waals surface area contributed by atoms with E-state index in [-0.39, 0.29) is 16.8 Å². The maximum absolute atomic E-state index is 13.0. The number of carbonyl (C=O) groups excluding carboxylic acids is 1. The number of methoxy groups -OCH3 is 1. The molecule has 3 aromatic rings. The highest BCUT2D eigenvalue weighted by Gasteiger charge is 2.22. The van der Waals surface area contributed by atoms with E-state index < -0.39 is 10.0 Å². The molecule has 3 aromatic carbocycles. The standard InChI is InChI=1S/C26H30N2O4S/c1-19(2)18-25(20-8-6-5-7-9-20)27-26(29)21-10-12-22(13-11-21)28(3)33(30,31)24-16-14-23(32-4)15-17-24/h5-17,19,25H,18H2,1-4H3,(H,27,29)/t25-/m1/s1. The molecule has 1 amide bonds. The highest BCUT2D eigenvalue weighted by Crippen LogP contribution is 2.25. The maximum Gasteiger partial charge on any atom is 0.264 e. The molecule has 0 saturated heterocycles. The Hall–Kier alpha value is -3.32. The van der Waals surface area contributed by atoms with E-state index in [0.717, 1.165) is 12.0 Å². The quantitative estimate of drug-likeness (QED) is 0.479. The monoisotopic (exact) mass is 466 g/mol. The lowest BCUT2D eigenvalue weighted by molar-refractivity contribution is 0.0932. The fraction of sp³-hybridized carbons (Fsp3) is 0.269. The third-order valence-corrected chi connectivity index (χ3v) is 7.23. The first-order chi connectivity index (χ1) is 15.7. The number of nitrogens with zero attached hydrogens (tertiary/aromatic N) is 1. The van der Waals surface area contributed by atoms with Gasteiger partial charge in [0, 0.05) is 12.6 Å². The number of amides is 1. The van der Waals surface area contributed by atoms with Crippen LogP contribution in [-0.4, -0.2) is 28.5 Å². The van der Waals surface area contributed by atoms with Gasteiger partial charge in [0.2, 0.25) is 0 Å². The molecule has 0 aliphatic heterocycles. The van der Waals surface area contributed by atoms with Crippen LogP contribution in [0.1, 0.15) is 42.2 Å². The Morgan fingerprint density at radius 1 is 0.939 bits per heavy atom. The van der Waals surface area contributed by atoms with Crippen LogP contribution in [-0.2, 0) is 10.0 Å². The highest BCUT2D eigenvalue weighted by atomic mass is 32.2. The Bertz CT molecular complexity index is 1160. The summed E-state index contributed by atoms with van der Waals surface area (Å²) in [5, 5.41) is 3.11. The largest absolute Gasteiger partial charge is 0.497 e. The van der Waals surface area contributed by atoms with Crippen LogP contribution in [0.25, 0.3) is 0 Å². The molecule has 0 heterocycles. The van der Waals surface area contributed by atoms with E-state index in [2.05, 4.69) is 19.2 Å². The van der Waals surface area contributed by atoms with Gasteiger partial charge in [0.25, 0.3) is 15.9 Å². The number of anilines is 1. The van der Waals surface area contributed by atoms with Crippen LogP contribution < -0.4 is 14.4 Å². The second-order valence-electron chi connectivity index (χ2n) is 8.26. The molecule has 0 radical (unpaired) electrons. The maximum atomic E-state index is 13.0. The molecule has 0 saturated carbocycles. The van der Waals surface area contributed by atoms with Gasteiger partial charge in [0.15, 0.2) is 0 Å². The number of rotatable bonds is 9. The fourth-order valence-corrected chi connectivity index (χ4v) is 4.74. The van der Waals surface area contributed by atoms with Crippen molar-refractivity contribution in [2.45, 2.75) is 31.2 Å². The van der Waals surface area contributed by atoms with Gasteiger partial charge in [-0.05, 0) is 66.4 Å². The first-order valence-corrected chi connectivity index (χ1v) is 12.2. The number of benzene rings is 3. The lowest BCUT2D eigenvalue weighted by atomic mass is 9.96. The van der Waals surface area contributed by atoms with Crippen LogP contribution in [0.2, 0.25) is 0 Å². The van der Waals surface area contributed by atoms with Crippen LogP contribution in [0.4, 0.5) is 5.69 Å². The second-order valence-corrected chi connectivity index (χ2v) is 10.2. The Labute approximate surface area is 196 Å². The molecule has 174 valence electrons. The van der Waals surface area contributed by atoms with Crippen molar-refractivity contribution in [1.82, 2.24) is 5.32 Å². The summed E-state index contributed by atoms with van der Waals surface area (Å²) in [6.45, 7) is 4.24. The minimum Gasteiger partial charge on any atom is -0.497 e. The minimum absolute atomic E-state index is 0.100. The summed E-state index contributed by atoms with van der Waals surface area (Å²) in [5.41, 5.74) is 1.99. The van der Waals surface area contributed by atoms with E-state index in [4.69, 9.17) is 4.74 Å². The van der Waals surface area contributed by atoms with E-state index in [1.165, 1.54) is 30.6 Å². The van der Waals surface area contributed by atoms with Gasteiger partial charge in [-0.25, -0.2) is 8.42 Å². The first-order valence-electron chi connectivity index (χ1n) is 10.8. The van der Waals surface area contributed by atoms with Crippen molar-refractivity contribution < 1.29 is 17.9 Å². The first kappa shape index (κ1) is 24.3. The van der Waals surface area contributed by atoms with Crippen molar-refractivity contribution in [3.63, 3.8) is 0 Å². The normalized spacial score (nSPS) is 12.3. The number of ether oxygens (including phenoxy) is 1. The second kappa shape index (κ2) is 10.5. The highest BCUT2D eigenvalue weighted by molar-refractivity contribution is 7.92. The number of hydrogen-bond acceptors (Lipinski definition) is 4. The van der Waals surface area contributed by atoms with Gasteiger partial charge in [-0.2, -0.15) is 0 Å². The topological polar surface area (TPSA) is 75.7 Å².